The first-order valence-corrected chi connectivity index (χ1v) is 6.35. The summed E-state index contributed by atoms with van der Waals surface area (Å²) in [6.07, 6.45) is 3.70. The number of hydrogen-bond donors (Lipinski definition) is 2. The Morgan fingerprint density at radius 1 is 1.56 bits per heavy atom. The molecule has 0 radical (unpaired) electrons. The summed E-state index contributed by atoms with van der Waals surface area (Å²) in [5.41, 5.74) is 5.79. The maximum Gasteiger partial charge on any atom is 0.138 e. The number of thiophene rings is 1. The van der Waals surface area contributed by atoms with Crippen molar-refractivity contribution in [3.05, 3.63) is 17.3 Å². The van der Waals surface area contributed by atoms with Crippen molar-refractivity contribution in [2.24, 2.45) is 5.73 Å². The third kappa shape index (κ3) is 1.66. The highest BCUT2D eigenvalue weighted by atomic mass is 32.1. The molecule has 3 rings (SSSR count). The molecule has 5 heteroatoms. The number of nitrogens with zero attached hydrogens (tertiary/aromatic N) is 2. The van der Waals surface area contributed by atoms with E-state index in [1.54, 1.807) is 17.7 Å². The summed E-state index contributed by atoms with van der Waals surface area (Å²) < 4.78 is 0. The molecule has 2 atom stereocenters. The van der Waals surface area contributed by atoms with E-state index in [4.69, 9.17) is 5.73 Å². The Balaban J connectivity index is 1.99. The van der Waals surface area contributed by atoms with Crippen LogP contribution < -0.4 is 11.1 Å². The third-order valence-electron chi connectivity index (χ3n) is 2.89. The Hall–Kier alpha value is -1.20. The molecule has 2 aromatic heterocycles. The molecule has 16 heavy (non-hydrogen) atoms. The van der Waals surface area contributed by atoms with Crippen LogP contribution in [0.1, 0.15) is 18.2 Å². The van der Waals surface area contributed by atoms with Gasteiger partial charge < -0.3 is 11.1 Å². The van der Waals surface area contributed by atoms with Crippen molar-refractivity contribution in [3.63, 3.8) is 0 Å². The molecule has 84 valence electrons. The van der Waals surface area contributed by atoms with E-state index >= 15 is 0 Å². The second kappa shape index (κ2) is 3.68. The predicted molar refractivity (Wildman–Crippen MR) is 66.8 cm³/mol. The molecule has 0 aromatic carbocycles. The van der Waals surface area contributed by atoms with Gasteiger partial charge in [0.2, 0.25) is 0 Å². The number of hydrogen-bond acceptors (Lipinski definition) is 5. The molecule has 1 fully saturated rings. The second-order valence-corrected chi connectivity index (χ2v) is 5.27. The number of nitrogens with one attached hydrogen (secondary N) is 1. The Bertz CT molecular complexity index is 522. The van der Waals surface area contributed by atoms with Crippen LogP contribution in [0.2, 0.25) is 0 Å². The molecule has 0 amide bonds. The molecule has 0 saturated heterocycles. The minimum atomic E-state index is 0.286. The fourth-order valence-corrected chi connectivity index (χ4v) is 2.69. The molecule has 3 N–H and O–H groups in total. The van der Waals surface area contributed by atoms with Crippen LogP contribution in [0.5, 0.6) is 0 Å². The van der Waals surface area contributed by atoms with Gasteiger partial charge >= 0.3 is 0 Å². The average Bonchev–Trinajstić information content (AvgIpc) is 2.82. The quantitative estimate of drug-likeness (QED) is 0.849. The van der Waals surface area contributed by atoms with Crippen molar-refractivity contribution in [3.8, 4) is 0 Å². The first-order chi connectivity index (χ1) is 7.78. The highest BCUT2D eigenvalue weighted by Crippen LogP contribution is 2.31. The number of rotatable bonds is 3. The van der Waals surface area contributed by atoms with Gasteiger partial charge in [0.05, 0.1) is 5.39 Å². The lowest BCUT2D eigenvalue weighted by atomic mass is 10.3. The molecular weight excluding hydrogens is 220 g/mol. The van der Waals surface area contributed by atoms with Crippen LogP contribution in [0.15, 0.2) is 12.4 Å². The van der Waals surface area contributed by atoms with Crippen LogP contribution in [0.4, 0.5) is 5.82 Å². The maximum atomic E-state index is 5.79. The molecular formula is C11H14N4S. The molecule has 1 aliphatic rings. The molecule has 1 aliphatic carbocycles. The van der Waals surface area contributed by atoms with Crippen molar-refractivity contribution < 1.29 is 0 Å². The highest BCUT2D eigenvalue weighted by molar-refractivity contribution is 7.18. The zero-order valence-corrected chi connectivity index (χ0v) is 9.92. The number of aromatic nitrogens is 2. The second-order valence-electron chi connectivity index (χ2n) is 4.16. The van der Waals surface area contributed by atoms with Gasteiger partial charge in [-0.2, -0.15) is 0 Å². The van der Waals surface area contributed by atoms with Gasteiger partial charge in [0.15, 0.2) is 0 Å². The van der Waals surface area contributed by atoms with Gasteiger partial charge in [0, 0.05) is 17.0 Å². The summed E-state index contributed by atoms with van der Waals surface area (Å²) in [5.74, 6) is 0.930. The minimum Gasteiger partial charge on any atom is -0.365 e. The van der Waals surface area contributed by atoms with E-state index in [-0.39, 0.29) is 6.04 Å². The fourth-order valence-electron chi connectivity index (χ4n) is 1.75. The maximum absolute atomic E-state index is 5.79. The fraction of sp³-hybridized carbons (Fsp3) is 0.455. The van der Waals surface area contributed by atoms with Crippen LogP contribution in [0.3, 0.4) is 0 Å². The molecule has 2 unspecified atom stereocenters. The van der Waals surface area contributed by atoms with E-state index in [9.17, 15) is 0 Å². The van der Waals surface area contributed by atoms with Crippen molar-refractivity contribution in [1.29, 1.82) is 0 Å². The van der Waals surface area contributed by atoms with E-state index in [1.165, 1.54) is 4.88 Å². The molecule has 2 heterocycles. The number of anilines is 1. The SMILES string of the molecule is CCc1cc2c(NC3CC3N)ncnc2s1. The topological polar surface area (TPSA) is 63.8 Å². The Labute approximate surface area is 97.9 Å². The zero-order valence-electron chi connectivity index (χ0n) is 9.10. The van der Waals surface area contributed by atoms with Gasteiger partial charge in [-0.05, 0) is 18.9 Å². The van der Waals surface area contributed by atoms with E-state index in [0.717, 1.165) is 28.9 Å². The van der Waals surface area contributed by atoms with Crippen molar-refractivity contribution in [2.45, 2.75) is 31.8 Å². The van der Waals surface area contributed by atoms with Crippen LogP contribution >= 0.6 is 11.3 Å². The summed E-state index contributed by atoms with van der Waals surface area (Å²) in [6, 6.07) is 2.85. The van der Waals surface area contributed by atoms with Gasteiger partial charge in [0.1, 0.15) is 17.0 Å². The van der Waals surface area contributed by atoms with Crippen molar-refractivity contribution in [1.82, 2.24) is 9.97 Å². The Morgan fingerprint density at radius 2 is 2.38 bits per heavy atom. The smallest absolute Gasteiger partial charge is 0.138 e. The van der Waals surface area contributed by atoms with Crippen LogP contribution in [-0.4, -0.2) is 22.1 Å². The monoisotopic (exact) mass is 234 g/mol. The van der Waals surface area contributed by atoms with Crippen molar-refractivity contribution in [2.75, 3.05) is 5.32 Å². The highest BCUT2D eigenvalue weighted by Gasteiger charge is 2.33. The molecule has 4 nitrogen and oxygen atoms in total. The number of aryl methyl sites for hydroxylation is 1. The first-order valence-electron chi connectivity index (χ1n) is 5.53. The number of nitrogens with two attached hydrogens (primary N) is 1. The summed E-state index contributed by atoms with van der Waals surface area (Å²) >= 11 is 1.74. The van der Waals surface area contributed by atoms with E-state index in [0.29, 0.717) is 6.04 Å². The lowest BCUT2D eigenvalue weighted by Crippen LogP contribution is -2.14. The van der Waals surface area contributed by atoms with E-state index in [2.05, 4.69) is 28.3 Å². The summed E-state index contributed by atoms with van der Waals surface area (Å²) in [4.78, 5) is 11.0. The van der Waals surface area contributed by atoms with E-state index < -0.39 is 0 Å². The largest absolute Gasteiger partial charge is 0.365 e. The average molecular weight is 234 g/mol. The summed E-state index contributed by atoms with van der Waals surface area (Å²) in [6.45, 7) is 2.15. The van der Waals surface area contributed by atoms with Crippen LogP contribution in [-0.2, 0) is 6.42 Å². The molecule has 0 aliphatic heterocycles. The zero-order chi connectivity index (χ0) is 11.1. The molecule has 2 aromatic rings. The van der Waals surface area contributed by atoms with Crippen molar-refractivity contribution >= 4 is 27.4 Å². The van der Waals surface area contributed by atoms with Gasteiger partial charge in [-0.1, -0.05) is 6.92 Å². The van der Waals surface area contributed by atoms with Gasteiger partial charge in [-0.3, -0.25) is 0 Å². The first kappa shape index (κ1) is 9.99. The Kier molecular flexibility index (Phi) is 2.29. The van der Waals surface area contributed by atoms with Crippen LogP contribution in [0, 0.1) is 0 Å². The lowest BCUT2D eigenvalue weighted by Gasteiger charge is -2.03. The lowest BCUT2D eigenvalue weighted by molar-refractivity contribution is 0.997. The standard InChI is InChI=1S/C11H14N4S/c1-2-6-3-7-10(15-9-4-8(9)12)13-5-14-11(7)16-6/h3,5,8-9H,2,4,12H2,1H3,(H,13,14,15). The predicted octanol–water partition coefficient (Wildman–Crippen LogP) is 1.77. The van der Waals surface area contributed by atoms with Gasteiger partial charge in [-0.25, -0.2) is 9.97 Å². The molecule has 1 saturated carbocycles. The van der Waals surface area contributed by atoms with Crippen LogP contribution in [0.25, 0.3) is 10.2 Å². The molecule has 0 spiro atoms. The molecule has 0 bridgehead atoms. The van der Waals surface area contributed by atoms with E-state index in [1.807, 2.05) is 0 Å². The van der Waals surface area contributed by atoms with Gasteiger partial charge in [0.25, 0.3) is 0 Å². The number of fused-ring (bicyclic) bond motifs is 1. The minimum absolute atomic E-state index is 0.286. The summed E-state index contributed by atoms with van der Waals surface area (Å²) in [7, 11) is 0. The van der Waals surface area contributed by atoms with Gasteiger partial charge in [-0.15, -0.1) is 11.3 Å². The Morgan fingerprint density at radius 3 is 3.06 bits per heavy atom. The third-order valence-corrected chi connectivity index (χ3v) is 4.08. The normalized spacial score (nSPS) is 23.6. The summed E-state index contributed by atoms with van der Waals surface area (Å²) in [5, 5.41) is 4.50.